The van der Waals surface area contributed by atoms with Crippen molar-refractivity contribution in [3.63, 3.8) is 0 Å². The van der Waals surface area contributed by atoms with Crippen LogP contribution in [0.2, 0.25) is 0 Å². The molecule has 0 atom stereocenters. The van der Waals surface area contributed by atoms with E-state index in [-0.39, 0.29) is 0 Å². The molecule has 0 aliphatic rings. The molecule has 0 saturated heterocycles. The van der Waals surface area contributed by atoms with Crippen LogP contribution in [-0.2, 0) is 0 Å². The quantitative estimate of drug-likeness (QED) is 0.537. The topological polar surface area (TPSA) is 25.2 Å². The van der Waals surface area contributed by atoms with Crippen molar-refractivity contribution >= 4 is 52.9 Å². The van der Waals surface area contributed by atoms with E-state index < -0.39 is 0 Å². The summed E-state index contributed by atoms with van der Waals surface area (Å²) < 4.78 is 4.76. The molecule has 46 valence electrons. The molecule has 1 heterocycles. The minimum absolute atomic E-state index is 0.757. The molecule has 0 bridgehead atoms. The van der Waals surface area contributed by atoms with Gasteiger partial charge in [0.1, 0.15) is 0 Å². The second kappa shape index (κ2) is 3.49. The molecule has 0 unspecified atom stereocenters. The number of hydrogen-bond donors (Lipinski definition) is 0. The van der Waals surface area contributed by atoms with E-state index in [9.17, 15) is 0 Å². The Kier molecular flexibility index (Phi) is 2.89. The number of rotatable bonds is 1. The van der Waals surface area contributed by atoms with E-state index in [4.69, 9.17) is 0 Å². The second-order valence-electron chi connectivity index (χ2n) is 1.24. The third kappa shape index (κ3) is 2.61. The van der Waals surface area contributed by atoms with Gasteiger partial charge in [-0.15, -0.1) is 0 Å². The van der Waals surface area contributed by atoms with Crippen molar-refractivity contribution in [2.24, 2.45) is 4.99 Å². The molecule has 0 spiro atoms. The van der Waals surface area contributed by atoms with E-state index in [0.29, 0.717) is 0 Å². The molecule has 0 fully saturated rings. The van der Waals surface area contributed by atoms with Gasteiger partial charge < -0.3 is 0 Å². The van der Waals surface area contributed by atoms with Crippen LogP contribution in [0.1, 0.15) is 0 Å². The van der Waals surface area contributed by atoms with Crippen LogP contribution in [-0.4, -0.2) is 39.9 Å². The van der Waals surface area contributed by atoms with E-state index in [0.717, 1.165) is 9.33 Å². The first-order chi connectivity index (χ1) is 4.29. The summed E-state index contributed by atoms with van der Waals surface area (Å²) in [5.74, 6) is 0.757. The van der Waals surface area contributed by atoms with Gasteiger partial charge in [0.15, 0.2) is 0 Å². The van der Waals surface area contributed by atoms with E-state index in [2.05, 4.69) is 41.4 Å². The molecular weight excluding hydrogens is 266 g/mol. The average molecular weight is 268 g/mol. The number of nitrogens with zero attached hydrogens (tertiary/aromatic N) is 2. The molecule has 1 aromatic heterocycles. The molecule has 0 aliphatic carbocycles. The Balaban J connectivity index is 2.80. The van der Waals surface area contributed by atoms with E-state index in [1.165, 1.54) is 11.5 Å². The van der Waals surface area contributed by atoms with E-state index in [1.54, 1.807) is 0 Å². The summed E-state index contributed by atoms with van der Waals surface area (Å²) in [6.07, 6.45) is 0. The maximum absolute atomic E-state index is 4.02. The zero-order valence-corrected chi connectivity index (χ0v) is 8.52. The van der Waals surface area contributed by atoms with Crippen molar-refractivity contribution in [1.82, 2.24) is 4.37 Å². The van der Waals surface area contributed by atoms with E-state index >= 15 is 0 Å². The molecule has 0 amide bonds. The normalized spacial score (nSPS) is 8.89. The predicted molar refractivity (Wildman–Crippen MR) is 40.7 cm³/mol. The van der Waals surface area contributed by atoms with Gasteiger partial charge >= 0.3 is 73.7 Å². The first-order valence-electron chi connectivity index (χ1n) is 2.12. The molecule has 9 heavy (non-hydrogen) atoms. The number of aliphatic imine (C=N–C) groups is 1. The first kappa shape index (κ1) is 7.45. The third-order valence-electron chi connectivity index (χ3n) is 0.630. The van der Waals surface area contributed by atoms with Crippen LogP contribution in [0, 0.1) is 0 Å². The number of hydrogen-bond acceptors (Lipinski definition) is 3. The standard InChI is InChI=1S/C4H2N2SSe2/c8-4(9)5-3-1-2-7-6-3/h1-2H. The van der Waals surface area contributed by atoms with Crippen LogP contribution in [0.15, 0.2) is 16.4 Å². The fourth-order valence-electron chi connectivity index (χ4n) is 0.357. The SMILES string of the molecule is [Se]C([Se])=Nc1ccsn1. The summed E-state index contributed by atoms with van der Waals surface area (Å²) in [6, 6.07) is 1.86. The van der Waals surface area contributed by atoms with Crippen molar-refractivity contribution in [2.75, 3.05) is 0 Å². The van der Waals surface area contributed by atoms with Gasteiger partial charge in [-0.05, 0) is 0 Å². The molecule has 5 heteroatoms. The van der Waals surface area contributed by atoms with E-state index in [1.807, 2.05) is 11.4 Å². The second-order valence-corrected chi connectivity index (χ2v) is 4.83. The van der Waals surface area contributed by atoms with Gasteiger partial charge in [0, 0.05) is 0 Å². The van der Waals surface area contributed by atoms with Crippen LogP contribution in [0.5, 0.6) is 0 Å². The molecule has 0 saturated carbocycles. The van der Waals surface area contributed by atoms with Gasteiger partial charge in [-0.1, -0.05) is 0 Å². The fourth-order valence-corrected chi connectivity index (χ4v) is 1.20. The predicted octanol–water partition coefficient (Wildman–Crippen LogP) is 0.468. The van der Waals surface area contributed by atoms with Crippen molar-refractivity contribution in [3.8, 4) is 0 Å². The molecular formula is C4H2N2SSe2. The van der Waals surface area contributed by atoms with Crippen molar-refractivity contribution < 1.29 is 0 Å². The number of aromatic nitrogens is 1. The Bertz CT molecular complexity index is 202. The monoisotopic (exact) mass is 270 g/mol. The van der Waals surface area contributed by atoms with Gasteiger partial charge in [0.2, 0.25) is 0 Å². The first-order valence-corrected chi connectivity index (χ1v) is 4.67. The van der Waals surface area contributed by atoms with Crippen LogP contribution >= 0.6 is 11.5 Å². The van der Waals surface area contributed by atoms with Crippen LogP contribution < -0.4 is 0 Å². The van der Waals surface area contributed by atoms with Gasteiger partial charge in [0.05, 0.1) is 0 Å². The van der Waals surface area contributed by atoms with Crippen LogP contribution in [0.25, 0.3) is 0 Å². The Morgan fingerprint density at radius 3 is 2.89 bits per heavy atom. The Morgan fingerprint density at radius 2 is 2.44 bits per heavy atom. The maximum atomic E-state index is 4.02. The average Bonchev–Trinajstić information content (AvgIpc) is 2.15. The Hall–Kier alpha value is 0.339. The van der Waals surface area contributed by atoms with Gasteiger partial charge in [-0.2, -0.15) is 0 Å². The van der Waals surface area contributed by atoms with Crippen LogP contribution in [0.3, 0.4) is 0 Å². The van der Waals surface area contributed by atoms with Crippen molar-refractivity contribution in [2.45, 2.75) is 0 Å². The van der Waals surface area contributed by atoms with Gasteiger partial charge in [-0.3, -0.25) is 0 Å². The van der Waals surface area contributed by atoms with Crippen LogP contribution in [0.4, 0.5) is 5.82 Å². The van der Waals surface area contributed by atoms with Gasteiger partial charge in [0.25, 0.3) is 0 Å². The zero-order valence-electron chi connectivity index (χ0n) is 4.27. The zero-order chi connectivity index (χ0) is 6.69. The minimum atomic E-state index is 0.757. The summed E-state index contributed by atoms with van der Waals surface area (Å²) in [4.78, 5) is 4.02. The molecule has 0 aromatic carbocycles. The summed E-state index contributed by atoms with van der Waals surface area (Å²) >= 11 is 6.87. The van der Waals surface area contributed by atoms with Gasteiger partial charge in [-0.25, -0.2) is 0 Å². The fraction of sp³-hybridized carbons (Fsp3) is 0. The molecule has 0 N–H and O–H groups in total. The summed E-state index contributed by atoms with van der Waals surface area (Å²) in [6.45, 7) is 0. The molecule has 1 aromatic rings. The van der Waals surface area contributed by atoms with Crippen molar-refractivity contribution in [1.29, 1.82) is 0 Å². The summed E-state index contributed by atoms with van der Waals surface area (Å²) in [5, 5.41) is 1.89. The molecule has 0 aliphatic heterocycles. The third-order valence-corrected chi connectivity index (χ3v) is 1.56. The molecule has 2 nitrogen and oxygen atoms in total. The molecule has 1 rings (SSSR count). The Morgan fingerprint density at radius 1 is 1.67 bits per heavy atom. The Labute approximate surface area is 73.6 Å². The van der Waals surface area contributed by atoms with Crippen molar-refractivity contribution in [3.05, 3.63) is 11.4 Å². The summed E-state index contributed by atoms with van der Waals surface area (Å²) in [5.41, 5.74) is 0. The summed E-state index contributed by atoms with van der Waals surface area (Å²) in [7, 11) is 0. The molecule has 2 radical (unpaired) electrons.